The summed E-state index contributed by atoms with van der Waals surface area (Å²) in [6.45, 7) is 3.42. The first-order chi connectivity index (χ1) is 8.45. The lowest BCUT2D eigenvalue weighted by Crippen LogP contribution is -2.18. The van der Waals surface area contributed by atoms with Crippen molar-refractivity contribution in [3.8, 4) is 5.75 Å². The van der Waals surface area contributed by atoms with E-state index in [2.05, 4.69) is 10.5 Å². The largest absolute Gasteiger partial charge is 0.506 e. The number of nitrogens with zero attached hydrogens (tertiary/aromatic N) is 1. The molecule has 0 heterocycles. The van der Waals surface area contributed by atoms with Crippen LogP contribution in [0.3, 0.4) is 0 Å². The summed E-state index contributed by atoms with van der Waals surface area (Å²) in [6, 6.07) is 2.90. The minimum atomic E-state index is -0.318. The quantitative estimate of drug-likeness (QED) is 0.509. The van der Waals surface area contributed by atoms with Crippen LogP contribution in [-0.4, -0.2) is 17.2 Å². The van der Waals surface area contributed by atoms with E-state index in [9.17, 15) is 9.90 Å². The van der Waals surface area contributed by atoms with Gasteiger partial charge in [-0.15, -0.1) is 0 Å². The molecule has 0 spiro atoms. The van der Waals surface area contributed by atoms with E-state index in [1.807, 2.05) is 0 Å². The van der Waals surface area contributed by atoms with E-state index in [0.29, 0.717) is 16.2 Å². The van der Waals surface area contributed by atoms with Gasteiger partial charge in [0, 0.05) is 16.2 Å². The fourth-order valence-electron chi connectivity index (χ4n) is 1.06. The minimum absolute atomic E-state index is 0.125. The van der Waals surface area contributed by atoms with Gasteiger partial charge in [-0.2, -0.15) is 5.10 Å². The summed E-state index contributed by atoms with van der Waals surface area (Å²) in [6.07, 6.45) is 2.94. The van der Waals surface area contributed by atoms with Gasteiger partial charge in [0.1, 0.15) is 5.75 Å². The Balaban J connectivity index is 2.83. The van der Waals surface area contributed by atoms with Crippen LogP contribution >= 0.6 is 23.2 Å². The van der Waals surface area contributed by atoms with Crippen LogP contribution in [0.25, 0.3) is 0 Å². The Labute approximate surface area is 115 Å². The Kier molecular flexibility index (Phi) is 5.19. The van der Waals surface area contributed by atoms with E-state index in [-0.39, 0.29) is 16.7 Å². The van der Waals surface area contributed by atoms with Gasteiger partial charge in [-0.3, -0.25) is 4.79 Å². The van der Waals surface area contributed by atoms with Crippen molar-refractivity contribution in [2.75, 3.05) is 0 Å². The number of benzene rings is 1. The second-order valence-corrected chi connectivity index (χ2v) is 4.34. The van der Waals surface area contributed by atoms with Crippen molar-refractivity contribution in [2.24, 2.45) is 5.10 Å². The summed E-state index contributed by atoms with van der Waals surface area (Å²) in [5, 5.41) is 13.8. The van der Waals surface area contributed by atoms with Gasteiger partial charge in [-0.05, 0) is 26.0 Å². The number of aromatic hydroxyl groups is 1. The Morgan fingerprint density at radius 1 is 1.44 bits per heavy atom. The molecule has 1 rings (SSSR count). The van der Waals surface area contributed by atoms with Crippen LogP contribution < -0.4 is 5.43 Å². The van der Waals surface area contributed by atoms with Gasteiger partial charge < -0.3 is 5.11 Å². The summed E-state index contributed by atoms with van der Waals surface area (Å²) < 4.78 is 0. The molecule has 0 unspecified atom stereocenters. The molecule has 1 amide bonds. The number of allylic oxidation sites excluding steroid dienone is 1. The molecule has 0 aromatic heterocycles. The molecule has 1 aromatic carbocycles. The maximum atomic E-state index is 11.4. The molecule has 0 saturated carbocycles. The molecule has 0 radical (unpaired) electrons. The van der Waals surface area contributed by atoms with E-state index < -0.39 is 0 Å². The first-order valence-electron chi connectivity index (χ1n) is 5.10. The van der Waals surface area contributed by atoms with Crippen LogP contribution in [-0.2, 0) is 4.79 Å². The van der Waals surface area contributed by atoms with Gasteiger partial charge >= 0.3 is 0 Å². The third-order valence-electron chi connectivity index (χ3n) is 2.22. The van der Waals surface area contributed by atoms with Crippen molar-refractivity contribution < 1.29 is 9.90 Å². The van der Waals surface area contributed by atoms with Crippen molar-refractivity contribution >= 4 is 35.3 Å². The summed E-state index contributed by atoms with van der Waals surface area (Å²) in [5.74, 6) is -0.455. The fourth-order valence-corrected chi connectivity index (χ4v) is 1.57. The summed E-state index contributed by atoms with van der Waals surface area (Å²) in [7, 11) is 0. The number of rotatable bonds is 3. The van der Waals surface area contributed by atoms with Crippen LogP contribution in [0.2, 0.25) is 10.0 Å². The number of carbonyl (C=O) groups is 1. The second-order valence-electron chi connectivity index (χ2n) is 3.50. The predicted molar refractivity (Wildman–Crippen MR) is 73.3 cm³/mol. The number of phenolic OH excluding ortho intramolecular Hbond substituents is 1. The number of hydrogen-bond donors (Lipinski definition) is 2. The van der Waals surface area contributed by atoms with E-state index in [0.717, 1.165) is 0 Å². The minimum Gasteiger partial charge on any atom is -0.506 e. The summed E-state index contributed by atoms with van der Waals surface area (Å²) >= 11 is 11.5. The number of hydrazone groups is 1. The molecule has 0 aliphatic heterocycles. The number of amides is 1. The molecule has 4 nitrogen and oxygen atoms in total. The SMILES string of the molecule is C/C=C(\C)C(=O)N/N=C/c1cc(Cl)cc(Cl)c1O. The molecule has 6 heteroatoms. The lowest BCUT2D eigenvalue weighted by Gasteiger charge is -2.02. The van der Waals surface area contributed by atoms with E-state index >= 15 is 0 Å². The van der Waals surface area contributed by atoms with Crippen LogP contribution in [0.15, 0.2) is 28.9 Å². The highest BCUT2D eigenvalue weighted by Gasteiger charge is 2.06. The molecule has 18 heavy (non-hydrogen) atoms. The molecular formula is C12H12Cl2N2O2. The maximum Gasteiger partial charge on any atom is 0.266 e. The Bertz CT molecular complexity index is 525. The highest BCUT2D eigenvalue weighted by molar-refractivity contribution is 6.36. The predicted octanol–water partition coefficient (Wildman–Crippen LogP) is 3.12. The lowest BCUT2D eigenvalue weighted by molar-refractivity contribution is -0.117. The third-order valence-corrected chi connectivity index (χ3v) is 2.72. The van der Waals surface area contributed by atoms with Gasteiger partial charge in [0.2, 0.25) is 0 Å². The molecule has 0 aliphatic carbocycles. The smallest absolute Gasteiger partial charge is 0.266 e. The number of hydrogen-bond acceptors (Lipinski definition) is 3. The topological polar surface area (TPSA) is 61.7 Å². The Hall–Kier alpha value is -1.52. The van der Waals surface area contributed by atoms with E-state index in [1.54, 1.807) is 19.9 Å². The first-order valence-corrected chi connectivity index (χ1v) is 5.85. The van der Waals surface area contributed by atoms with E-state index in [1.165, 1.54) is 18.3 Å². The fraction of sp³-hybridized carbons (Fsp3) is 0.167. The number of phenols is 1. The van der Waals surface area contributed by atoms with Gasteiger partial charge in [-0.25, -0.2) is 5.43 Å². The summed E-state index contributed by atoms with van der Waals surface area (Å²) in [4.78, 5) is 11.4. The molecule has 0 fully saturated rings. The molecule has 1 aromatic rings. The zero-order valence-electron chi connectivity index (χ0n) is 9.87. The normalized spacial score (nSPS) is 11.9. The highest BCUT2D eigenvalue weighted by Crippen LogP contribution is 2.29. The van der Waals surface area contributed by atoms with Crippen molar-refractivity contribution in [1.82, 2.24) is 5.43 Å². The second kappa shape index (κ2) is 6.42. The molecule has 0 atom stereocenters. The van der Waals surface area contributed by atoms with Gasteiger partial charge in [0.15, 0.2) is 0 Å². The number of halogens is 2. The highest BCUT2D eigenvalue weighted by atomic mass is 35.5. The number of carbonyl (C=O) groups excluding carboxylic acids is 1. The summed E-state index contributed by atoms with van der Waals surface area (Å²) in [5.41, 5.74) is 3.18. The standard InChI is InChI=1S/C12H12Cl2N2O2/c1-3-7(2)12(18)16-15-6-8-4-9(13)5-10(14)11(8)17/h3-6,17H,1-2H3,(H,16,18)/b7-3+,15-6+. The lowest BCUT2D eigenvalue weighted by atomic mass is 10.2. The van der Waals surface area contributed by atoms with Crippen molar-refractivity contribution in [3.63, 3.8) is 0 Å². The maximum absolute atomic E-state index is 11.4. The zero-order chi connectivity index (χ0) is 13.7. The molecule has 0 bridgehead atoms. The monoisotopic (exact) mass is 286 g/mol. The molecule has 2 N–H and O–H groups in total. The Morgan fingerprint density at radius 2 is 2.11 bits per heavy atom. The molecule has 0 aliphatic rings. The van der Waals surface area contributed by atoms with Crippen LogP contribution in [0.5, 0.6) is 5.75 Å². The van der Waals surface area contributed by atoms with Crippen molar-refractivity contribution in [2.45, 2.75) is 13.8 Å². The average Bonchev–Trinajstić information content (AvgIpc) is 2.33. The average molecular weight is 287 g/mol. The van der Waals surface area contributed by atoms with Gasteiger partial charge in [0.25, 0.3) is 5.91 Å². The van der Waals surface area contributed by atoms with Crippen LogP contribution in [0.1, 0.15) is 19.4 Å². The third kappa shape index (κ3) is 3.75. The zero-order valence-corrected chi connectivity index (χ0v) is 11.4. The molecule has 96 valence electrons. The first kappa shape index (κ1) is 14.5. The Morgan fingerprint density at radius 3 is 2.72 bits per heavy atom. The van der Waals surface area contributed by atoms with Gasteiger partial charge in [0.05, 0.1) is 11.2 Å². The number of nitrogens with one attached hydrogen (secondary N) is 1. The van der Waals surface area contributed by atoms with Crippen molar-refractivity contribution in [3.05, 3.63) is 39.4 Å². The van der Waals surface area contributed by atoms with E-state index in [4.69, 9.17) is 23.2 Å². The molecular weight excluding hydrogens is 275 g/mol. The van der Waals surface area contributed by atoms with Crippen molar-refractivity contribution in [1.29, 1.82) is 0 Å². The van der Waals surface area contributed by atoms with Crippen LogP contribution in [0.4, 0.5) is 0 Å². The van der Waals surface area contributed by atoms with Crippen LogP contribution in [0, 0.1) is 0 Å². The van der Waals surface area contributed by atoms with Gasteiger partial charge in [-0.1, -0.05) is 29.3 Å². The molecule has 0 saturated heterocycles.